The molecular formula is C19H24N4O2. The van der Waals surface area contributed by atoms with Crippen LogP contribution in [0.2, 0.25) is 0 Å². The van der Waals surface area contributed by atoms with Crippen molar-refractivity contribution < 1.29 is 9.59 Å². The predicted molar refractivity (Wildman–Crippen MR) is 95.1 cm³/mol. The molecule has 0 saturated carbocycles. The molecule has 2 aromatic rings. The third kappa shape index (κ3) is 3.90. The van der Waals surface area contributed by atoms with E-state index in [0.717, 1.165) is 29.8 Å². The Labute approximate surface area is 147 Å². The number of benzene rings is 1. The molecule has 1 unspecified atom stereocenters. The van der Waals surface area contributed by atoms with E-state index in [9.17, 15) is 9.59 Å². The number of rotatable bonds is 4. The highest BCUT2D eigenvalue weighted by atomic mass is 16.2. The van der Waals surface area contributed by atoms with E-state index in [4.69, 9.17) is 5.73 Å². The van der Waals surface area contributed by atoms with E-state index in [1.165, 1.54) is 0 Å². The number of carbonyl (C=O) groups is 2. The topological polar surface area (TPSA) is 81.2 Å². The molecule has 2 heterocycles. The first-order chi connectivity index (χ1) is 11.9. The number of amides is 2. The summed E-state index contributed by atoms with van der Waals surface area (Å²) in [6.45, 7) is 5.78. The first-order valence-corrected chi connectivity index (χ1v) is 8.62. The third-order valence-corrected chi connectivity index (χ3v) is 4.75. The molecular weight excluding hydrogens is 316 g/mol. The van der Waals surface area contributed by atoms with E-state index in [2.05, 4.69) is 5.10 Å². The average molecular weight is 340 g/mol. The Hall–Kier alpha value is -2.63. The zero-order valence-corrected chi connectivity index (χ0v) is 14.7. The van der Waals surface area contributed by atoms with Gasteiger partial charge in [0, 0.05) is 24.3 Å². The Morgan fingerprint density at radius 3 is 2.56 bits per heavy atom. The van der Waals surface area contributed by atoms with Crippen molar-refractivity contribution in [1.82, 2.24) is 14.7 Å². The summed E-state index contributed by atoms with van der Waals surface area (Å²) in [6, 6.07) is 9.65. The van der Waals surface area contributed by atoms with Crippen LogP contribution in [0.5, 0.6) is 0 Å². The molecule has 0 bridgehead atoms. The third-order valence-electron chi connectivity index (χ3n) is 4.75. The second kappa shape index (κ2) is 7.09. The molecule has 0 radical (unpaired) electrons. The molecule has 1 aliphatic rings. The highest BCUT2D eigenvalue weighted by Gasteiger charge is 2.27. The van der Waals surface area contributed by atoms with Gasteiger partial charge >= 0.3 is 0 Å². The molecule has 0 aliphatic carbocycles. The maximum absolute atomic E-state index is 12.7. The molecule has 2 amide bonds. The molecule has 25 heavy (non-hydrogen) atoms. The zero-order valence-electron chi connectivity index (χ0n) is 14.7. The van der Waals surface area contributed by atoms with Crippen LogP contribution in [0.25, 0.3) is 0 Å². The van der Waals surface area contributed by atoms with Crippen LogP contribution < -0.4 is 5.73 Å². The number of nitrogens with zero attached hydrogens (tertiary/aromatic N) is 3. The smallest absolute Gasteiger partial charge is 0.253 e. The first kappa shape index (κ1) is 17.2. The van der Waals surface area contributed by atoms with Crippen LogP contribution in [0.4, 0.5) is 0 Å². The lowest BCUT2D eigenvalue weighted by atomic mass is 9.97. The standard InChI is InChI=1S/C19H24N4O2/c1-13-10-14(2)23(21-13)11-15-5-7-16(8-6-15)19(25)22-9-3-4-17(12-22)18(20)24/h5-8,10,17H,3-4,9,11-12H2,1-2H3,(H2,20,24). The minimum absolute atomic E-state index is 0.0383. The molecule has 0 spiro atoms. The summed E-state index contributed by atoms with van der Waals surface area (Å²) in [5, 5.41) is 4.46. The van der Waals surface area contributed by atoms with Crippen molar-refractivity contribution in [1.29, 1.82) is 0 Å². The van der Waals surface area contributed by atoms with Crippen molar-refractivity contribution >= 4 is 11.8 Å². The first-order valence-electron chi connectivity index (χ1n) is 8.62. The summed E-state index contributed by atoms with van der Waals surface area (Å²) < 4.78 is 1.95. The molecule has 6 nitrogen and oxygen atoms in total. The Kier molecular flexibility index (Phi) is 4.88. The van der Waals surface area contributed by atoms with Gasteiger partial charge in [0.1, 0.15) is 0 Å². The van der Waals surface area contributed by atoms with Gasteiger partial charge in [0.05, 0.1) is 18.2 Å². The minimum Gasteiger partial charge on any atom is -0.369 e. The van der Waals surface area contributed by atoms with Crippen molar-refractivity contribution in [2.75, 3.05) is 13.1 Å². The maximum atomic E-state index is 12.7. The van der Waals surface area contributed by atoms with Crippen LogP contribution in [0.1, 0.15) is 40.2 Å². The van der Waals surface area contributed by atoms with Gasteiger partial charge in [-0.25, -0.2) is 0 Å². The summed E-state index contributed by atoms with van der Waals surface area (Å²) in [5.41, 5.74) is 9.24. The van der Waals surface area contributed by atoms with Crippen molar-refractivity contribution in [3.8, 4) is 0 Å². The number of piperidine rings is 1. The number of hydrogen-bond acceptors (Lipinski definition) is 3. The second-order valence-electron chi connectivity index (χ2n) is 6.77. The molecule has 1 fully saturated rings. The summed E-state index contributed by atoms with van der Waals surface area (Å²) >= 11 is 0. The van der Waals surface area contributed by atoms with Crippen molar-refractivity contribution in [2.45, 2.75) is 33.2 Å². The van der Waals surface area contributed by atoms with Crippen LogP contribution in [0.15, 0.2) is 30.3 Å². The fourth-order valence-electron chi connectivity index (χ4n) is 3.34. The van der Waals surface area contributed by atoms with E-state index < -0.39 is 0 Å². The lowest BCUT2D eigenvalue weighted by Gasteiger charge is -2.31. The largest absolute Gasteiger partial charge is 0.369 e. The second-order valence-corrected chi connectivity index (χ2v) is 6.77. The van der Waals surface area contributed by atoms with Gasteiger partial charge in [-0.2, -0.15) is 5.10 Å². The predicted octanol–water partition coefficient (Wildman–Crippen LogP) is 1.89. The monoisotopic (exact) mass is 340 g/mol. The Morgan fingerprint density at radius 1 is 1.24 bits per heavy atom. The van der Waals surface area contributed by atoms with Crippen LogP contribution >= 0.6 is 0 Å². The molecule has 6 heteroatoms. The van der Waals surface area contributed by atoms with Crippen LogP contribution in [-0.2, 0) is 11.3 Å². The molecule has 2 N–H and O–H groups in total. The highest BCUT2D eigenvalue weighted by Crippen LogP contribution is 2.19. The van der Waals surface area contributed by atoms with E-state index in [1.54, 1.807) is 4.90 Å². The van der Waals surface area contributed by atoms with Crippen LogP contribution in [0, 0.1) is 19.8 Å². The molecule has 1 aromatic carbocycles. The molecule has 132 valence electrons. The van der Waals surface area contributed by atoms with Crippen LogP contribution in [0.3, 0.4) is 0 Å². The lowest BCUT2D eigenvalue weighted by molar-refractivity contribution is -0.123. The highest BCUT2D eigenvalue weighted by molar-refractivity contribution is 5.94. The fraction of sp³-hybridized carbons (Fsp3) is 0.421. The van der Waals surface area contributed by atoms with Gasteiger partial charge in [-0.15, -0.1) is 0 Å². The summed E-state index contributed by atoms with van der Waals surface area (Å²) in [6.07, 6.45) is 1.58. The van der Waals surface area contributed by atoms with E-state index in [0.29, 0.717) is 25.2 Å². The van der Waals surface area contributed by atoms with Gasteiger partial charge in [-0.3, -0.25) is 14.3 Å². The number of carbonyl (C=O) groups excluding carboxylic acids is 2. The van der Waals surface area contributed by atoms with E-state index in [1.807, 2.05) is 48.9 Å². The Bertz CT molecular complexity index is 779. The lowest BCUT2D eigenvalue weighted by Crippen LogP contribution is -2.44. The van der Waals surface area contributed by atoms with Gasteiger partial charge in [0.2, 0.25) is 5.91 Å². The van der Waals surface area contributed by atoms with Gasteiger partial charge in [0.15, 0.2) is 0 Å². The number of primary amides is 1. The molecule has 1 atom stereocenters. The van der Waals surface area contributed by atoms with Crippen molar-refractivity contribution in [3.05, 3.63) is 52.8 Å². The summed E-state index contributed by atoms with van der Waals surface area (Å²) in [5.74, 6) is -0.593. The van der Waals surface area contributed by atoms with Gasteiger partial charge in [0.25, 0.3) is 5.91 Å². The molecule has 3 rings (SSSR count). The van der Waals surface area contributed by atoms with Gasteiger partial charge in [-0.1, -0.05) is 12.1 Å². The Morgan fingerprint density at radius 2 is 1.96 bits per heavy atom. The minimum atomic E-state index is -0.322. The maximum Gasteiger partial charge on any atom is 0.253 e. The molecule has 1 aromatic heterocycles. The van der Waals surface area contributed by atoms with E-state index >= 15 is 0 Å². The number of likely N-dealkylation sites (tertiary alicyclic amines) is 1. The van der Waals surface area contributed by atoms with E-state index in [-0.39, 0.29) is 17.7 Å². The van der Waals surface area contributed by atoms with Crippen molar-refractivity contribution in [3.63, 3.8) is 0 Å². The quantitative estimate of drug-likeness (QED) is 0.923. The normalized spacial score (nSPS) is 17.5. The summed E-state index contributed by atoms with van der Waals surface area (Å²) in [7, 11) is 0. The zero-order chi connectivity index (χ0) is 18.0. The van der Waals surface area contributed by atoms with Gasteiger partial charge < -0.3 is 10.6 Å². The molecule has 1 saturated heterocycles. The number of hydrogen-bond donors (Lipinski definition) is 1. The Balaban J connectivity index is 1.68. The SMILES string of the molecule is Cc1cc(C)n(Cc2ccc(C(=O)N3CCCC(C(N)=O)C3)cc2)n1. The van der Waals surface area contributed by atoms with Crippen LogP contribution in [-0.4, -0.2) is 39.6 Å². The van der Waals surface area contributed by atoms with Gasteiger partial charge in [-0.05, 0) is 50.5 Å². The number of aryl methyl sites for hydroxylation is 2. The number of aromatic nitrogens is 2. The fourth-order valence-corrected chi connectivity index (χ4v) is 3.34. The summed E-state index contributed by atoms with van der Waals surface area (Å²) in [4.78, 5) is 25.8. The molecule has 1 aliphatic heterocycles. The number of nitrogens with two attached hydrogens (primary N) is 1. The van der Waals surface area contributed by atoms with Crippen molar-refractivity contribution in [2.24, 2.45) is 11.7 Å². The average Bonchev–Trinajstić information content (AvgIpc) is 2.92.